The van der Waals surface area contributed by atoms with Crippen LogP contribution in [0.3, 0.4) is 0 Å². The predicted molar refractivity (Wildman–Crippen MR) is 121 cm³/mol. The summed E-state index contributed by atoms with van der Waals surface area (Å²) in [6, 6.07) is 10.4. The third-order valence-electron chi connectivity index (χ3n) is 4.15. The number of nitrogens with zero attached hydrogens (tertiary/aromatic N) is 3. The summed E-state index contributed by atoms with van der Waals surface area (Å²) >= 11 is 1.11. The van der Waals surface area contributed by atoms with E-state index in [9.17, 15) is 18.0 Å². The minimum absolute atomic E-state index is 0. The molecule has 0 unspecified atom stereocenters. The highest BCUT2D eigenvalue weighted by atomic mass is 35.5. The predicted octanol–water partition coefficient (Wildman–Crippen LogP) is 5.23. The number of benzene rings is 2. The van der Waals surface area contributed by atoms with Crippen molar-refractivity contribution in [2.45, 2.75) is 6.36 Å². The number of halogens is 4. The first-order valence-corrected chi connectivity index (χ1v) is 10.00. The van der Waals surface area contributed by atoms with Crippen LogP contribution in [-0.4, -0.2) is 56.6 Å². The Labute approximate surface area is 193 Å². The molecule has 0 fully saturated rings. The highest BCUT2D eigenvalue weighted by Crippen LogP contribution is 2.33. The average molecular weight is 491 g/mol. The molecule has 1 aromatic heterocycles. The lowest BCUT2D eigenvalue weighted by atomic mass is 10.3. The van der Waals surface area contributed by atoms with E-state index in [-0.39, 0.29) is 18.2 Å². The van der Waals surface area contributed by atoms with E-state index in [0.29, 0.717) is 39.9 Å². The van der Waals surface area contributed by atoms with Gasteiger partial charge < -0.3 is 19.7 Å². The van der Waals surface area contributed by atoms with Gasteiger partial charge in [-0.25, -0.2) is 9.78 Å². The summed E-state index contributed by atoms with van der Waals surface area (Å²) in [5.41, 5.74) is 1.01. The van der Waals surface area contributed by atoms with Crippen molar-refractivity contribution in [3.63, 3.8) is 0 Å². The van der Waals surface area contributed by atoms with Gasteiger partial charge in [0.15, 0.2) is 5.13 Å². The lowest BCUT2D eigenvalue weighted by molar-refractivity contribution is -0.274. The average Bonchev–Trinajstić information content (AvgIpc) is 3.09. The normalized spacial score (nSPS) is 11.2. The maximum Gasteiger partial charge on any atom is 0.573 e. The van der Waals surface area contributed by atoms with Crippen LogP contribution in [0.15, 0.2) is 42.5 Å². The van der Waals surface area contributed by atoms with E-state index in [1.165, 1.54) is 30.2 Å². The molecular weight excluding hydrogens is 469 g/mol. The number of rotatable bonds is 7. The zero-order valence-electron chi connectivity index (χ0n) is 17.5. The summed E-state index contributed by atoms with van der Waals surface area (Å²) < 4.78 is 47.1. The summed E-state index contributed by atoms with van der Waals surface area (Å²) in [5.74, 6) is 0.255. The molecule has 3 aromatic rings. The molecular formula is C20H22ClF3N4O3S. The van der Waals surface area contributed by atoms with Crippen molar-refractivity contribution in [3.8, 4) is 11.5 Å². The first-order chi connectivity index (χ1) is 14.6. The molecule has 0 saturated carbocycles. The van der Waals surface area contributed by atoms with Gasteiger partial charge in [0, 0.05) is 30.9 Å². The van der Waals surface area contributed by atoms with Crippen LogP contribution in [0.1, 0.15) is 0 Å². The van der Waals surface area contributed by atoms with E-state index in [1.54, 1.807) is 24.3 Å². The fourth-order valence-electron chi connectivity index (χ4n) is 2.68. The van der Waals surface area contributed by atoms with Gasteiger partial charge in [-0.05, 0) is 38.4 Å². The molecule has 0 aliphatic carbocycles. The molecule has 0 radical (unpaired) electrons. The monoisotopic (exact) mass is 490 g/mol. The number of hydrogen-bond donors (Lipinski definition) is 1. The van der Waals surface area contributed by atoms with Crippen molar-refractivity contribution in [1.29, 1.82) is 0 Å². The summed E-state index contributed by atoms with van der Waals surface area (Å²) in [5, 5.41) is 3.17. The van der Waals surface area contributed by atoms with Crippen LogP contribution in [0.4, 0.5) is 28.8 Å². The Balaban J connectivity index is 0.00000363. The van der Waals surface area contributed by atoms with Crippen molar-refractivity contribution in [1.82, 2.24) is 9.88 Å². The molecule has 0 aliphatic heterocycles. The molecule has 2 aromatic carbocycles. The van der Waals surface area contributed by atoms with E-state index in [0.717, 1.165) is 11.3 Å². The number of anilines is 2. The third-order valence-corrected chi connectivity index (χ3v) is 5.19. The Kier molecular flexibility index (Phi) is 8.53. The lowest BCUT2D eigenvalue weighted by Crippen LogP contribution is -2.39. The van der Waals surface area contributed by atoms with Crippen LogP contribution < -0.4 is 19.7 Å². The van der Waals surface area contributed by atoms with Gasteiger partial charge in [-0.2, -0.15) is 0 Å². The van der Waals surface area contributed by atoms with E-state index in [2.05, 4.69) is 15.0 Å². The summed E-state index contributed by atoms with van der Waals surface area (Å²) in [4.78, 5) is 20.8. The number of aromatic nitrogens is 1. The second-order valence-corrected chi connectivity index (χ2v) is 7.80. The number of ether oxygens (including phenoxy) is 2. The number of carbonyl (C=O) groups is 1. The molecule has 0 atom stereocenters. The summed E-state index contributed by atoms with van der Waals surface area (Å²) in [7, 11) is 5.27. The van der Waals surface area contributed by atoms with E-state index in [4.69, 9.17) is 4.74 Å². The van der Waals surface area contributed by atoms with Crippen LogP contribution in [-0.2, 0) is 0 Å². The molecule has 3 rings (SSSR count). The smallest absolute Gasteiger partial charge is 0.497 e. The van der Waals surface area contributed by atoms with E-state index in [1.807, 2.05) is 19.0 Å². The second-order valence-electron chi connectivity index (χ2n) is 6.79. The fraction of sp³-hybridized carbons (Fsp3) is 0.300. The van der Waals surface area contributed by atoms with Crippen LogP contribution in [0.25, 0.3) is 10.2 Å². The highest BCUT2D eigenvalue weighted by molar-refractivity contribution is 7.22. The molecule has 1 heterocycles. The summed E-state index contributed by atoms with van der Waals surface area (Å²) in [6.45, 7) is 0.887. The van der Waals surface area contributed by atoms with Crippen molar-refractivity contribution >= 4 is 50.8 Å². The number of hydrogen-bond acceptors (Lipinski definition) is 6. The van der Waals surface area contributed by atoms with Crippen LogP contribution >= 0.6 is 23.7 Å². The molecule has 1 N–H and O–H groups in total. The van der Waals surface area contributed by atoms with Gasteiger partial charge in [0.2, 0.25) is 0 Å². The Morgan fingerprint density at radius 1 is 1.12 bits per heavy atom. The molecule has 0 aliphatic rings. The van der Waals surface area contributed by atoms with Crippen molar-refractivity contribution < 1.29 is 27.4 Å². The standard InChI is InChI=1S/C20H21F3N4O3S.ClH/c1-26(2)9-10-27(18(28)24-13-5-4-6-14(11-13)29-3)19-25-16-8-7-15(12-17(16)31-19)30-20(21,22)23;/h4-8,11-12H,9-10H2,1-3H3,(H,24,28);1H. The molecule has 32 heavy (non-hydrogen) atoms. The van der Waals surface area contributed by atoms with Crippen molar-refractivity contribution in [3.05, 3.63) is 42.5 Å². The zero-order valence-corrected chi connectivity index (χ0v) is 19.1. The Morgan fingerprint density at radius 3 is 2.53 bits per heavy atom. The maximum atomic E-state index is 13.0. The van der Waals surface area contributed by atoms with Gasteiger partial charge in [-0.15, -0.1) is 25.6 Å². The molecule has 7 nitrogen and oxygen atoms in total. The molecule has 0 bridgehead atoms. The van der Waals surface area contributed by atoms with E-state index >= 15 is 0 Å². The van der Waals surface area contributed by atoms with Crippen LogP contribution in [0.2, 0.25) is 0 Å². The number of carbonyl (C=O) groups excluding carboxylic acids is 1. The molecule has 12 heteroatoms. The number of fused-ring (bicyclic) bond motifs is 1. The molecule has 2 amide bonds. The number of nitrogens with one attached hydrogen (secondary N) is 1. The Morgan fingerprint density at radius 2 is 1.88 bits per heavy atom. The van der Waals surface area contributed by atoms with Gasteiger partial charge in [0.25, 0.3) is 0 Å². The summed E-state index contributed by atoms with van der Waals surface area (Å²) in [6.07, 6.45) is -4.78. The number of thiazole rings is 1. The number of alkyl halides is 3. The van der Waals surface area contributed by atoms with Crippen LogP contribution in [0.5, 0.6) is 11.5 Å². The fourth-order valence-corrected chi connectivity index (χ4v) is 3.70. The largest absolute Gasteiger partial charge is 0.573 e. The Hall–Kier alpha value is -2.76. The molecule has 0 spiro atoms. The van der Waals surface area contributed by atoms with Gasteiger partial charge in [0.1, 0.15) is 11.5 Å². The van der Waals surface area contributed by atoms with Crippen molar-refractivity contribution in [2.24, 2.45) is 0 Å². The third kappa shape index (κ3) is 6.87. The number of urea groups is 1. The molecule has 0 saturated heterocycles. The van der Waals surface area contributed by atoms with Gasteiger partial charge in [-0.3, -0.25) is 4.90 Å². The molecule has 174 valence electrons. The minimum Gasteiger partial charge on any atom is -0.497 e. The first kappa shape index (κ1) is 25.5. The minimum atomic E-state index is -4.78. The SMILES string of the molecule is COc1cccc(NC(=O)N(CCN(C)C)c2nc3ccc(OC(F)(F)F)cc3s2)c1.Cl. The zero-order chi connectivity index (χ0) is 22.6. The van der Waals surface area contributed by atoms with Gasteiger partial charge in [0.05, 0.1) is 17.3 Å². The first-order valence-electron chi connectivity index (χ1n) is 9.18. The highest BCUT2D eigenvalue weighted by Gasteiger charge is 2.31. The van der Waals surface area contributed by atoms with Crippen LogP contribution in [0, 0.1) is 0 Å². The van der Waals surface area contributed by atoms with E-state index < -0.39 is 12.4 Å². The number of amides is 2. The quantitative estimate of drug-likeness (QED) is 0.491. The maximum absolute atomic E-state index is 13.0. The van der Waals surface area contributed by atoms with Gasteiger partial charge >= 0.3 is 12.4 Å². The number of likely N-dealkylation sites (N-methyl/N-ethyl adjacent to an activating group) is 1. The topological polar surface area (TPSA) is 66.9 Å². The second kappa shape index (κ2) is 10.7. The van der Waals surface area contributed by atoms with Crippen molar-refractivity contribution in [2.75, 3.05) is 44.5 Å². The van der Waals surface area contributed by atoms with Gasteiger partial charge in [-0.1, -0.05) is 17.4 Å². The number of methoxy groups -OCH3 is 1. The lowest BCUT2D eigenvalue weighted by Gasteiger charge is -2.22. The Bertz CT molecular complexity index is 1060.